The van der Waals surface area contributed by atoms with Gasteiger partial charge in [-0.3, -0.25) is 0 Å². The van der Waals surface area contributed by atoms with Crippen molar-refractivity contribution in [2.24, 2.45) is 0 Å². The fourth-order valence-corrected chi connectivity index (χ4v) is 3.13. The molecule has 0 saturated heterocycles. The molecule has 1 aliphatic heterocycles. The molecule has 1 N–H and O–H groups in total. The molecule has 106 valence electrons. The van der Waals surface area contributed by atoms with Crippen LogP contribution in [0, 0.1) is 0 Å². The first-order valence-electron chi connectivity index (χ1n) is 7.03. The highest BCUT2D eigenvalue weighted by Gasteiger charge is 2.23. The van der Waals surface area contributed by atoms with Crippen LogP contribution < -0.4 is 10.1 Å². The van der Waals surface area contributed by atoms with E-state index < -0.39 is 0 Å². The number of halogens is 1. The van der Waals surface area contributed by atoms with E-state index in [0.717, 1.165) is 42.8 Å². The molecule has 4 heteroatoms. The van der Waals surface area contributed by atoms with E-state index in [1.165, 1.54) is 11.1 Å². The van der Waals surface area contributed by atoms with Gasteiger partial charge in [-0.2, -0.15) is 0 Å². The molecular weight excluding hydrogens is 306 g/mol. The lowest BCUT2D eigenvalue weighted by molar-refractivity contribution is 0.121. The largest absolute Gasteiger partial charge is 0.494 e. The number of ether oxygens (including phenoxy) is 2. The van der Waals surface area contributed by atoms with Crippen LogP contribution in [-0.2, 0) is 11.2 Å². The summed E-state index contributed by atoms with van der Waals surface area (Å²) in [4.78, 5) is 0. The molecule has 1 aliphatic rings. The molecule has 0 spiro atoms. The highest BCUT2D eigenvalue weighted by Crippen LogP contribution is 2.35. The van der Waals surface area contributed by atoms with Crippen molar-refractivity contribution in [1.82, 2.24) is 5.32 Å². The average molecular weight is 328 g/mol. The first kappa shape index (κ1) is 14.8. The SMILES string of the molecule is CCCNC1COCCc2c(OCC)ccc(Br)c21. The van der Waals surface area contributed by atoms with Crippen molar-refractivity contribution in [3.05, 3.63) is 27.7 Å². The van der Waals surface area contributed by atoms with Gasteiger partial charge >= 0.3 is 0 Å². The van der Waals surface area contributed by atoms with E-state index in [-0.39, 0.29) is 6.04 Å². The Morgan fingerprint density at radius 1 is 1.42 bits per heavy atom. The van der Waals surface area contributed by atoms with Crippen molar-refractivity contribution in [2.75, 3.05) is 26.4 Å². The molecule has 0 saturated carbocycles. The van der Waals surface area contributed by atoms with Crippen LogP contribution in [0.25, 0.3) is 0 Å². The summed E-state index contributed by atoms with van der Waals surface area (Å²) < 4.78 is 12.6. The van der Waals surface area contributed by atoms with Gasteiger partial charge in [0.15, 0.2) is 0 Å². The van der Waals surface area contributed by atoms with E-state index in [2.05, 4.69) is 40.3 Å². The minimum atomic E-state index is 0.243. The van der Waals surface area contributed by atoms with Crippen molar-refractivity contribution < 1.29 is 9.47 Å². The second-order valence-corrected chi connectivity index (χ2v) is 5.56. The molecule has 1 heterocycles. The molecule has 0 amide bonds. The average Bonchev–Trinajstić information content (AvgIpc) is 2.63. The number of hydrogen-bond acceptors (Lipinski definition) is 3. The van der Waals surface area contributed by atoms with Crippen molar-refractivity contribution >= 4 is 15.9 Å². The topological polar surface area (TPSA) is 30.5 Å². The number of nitrogens with one attached hydrogen (secondary N) is 1. The number of benzene rings is 1. The predicted molar refractivity (Wildman–Crippen MR) is 80.9 cm³/mol. The van der Waals surface area contributed by atoms with Gasteiger partial charge < -0.3 is 14.8 Å². The Hall–Kier alpha value is -0.580. The normalized spacial score (nSPS) is 18.8. The smallest absolute Gasteiger partial charge is 0.122 e. The van der Waals surface area contributed by atoms with Crippen LogP contribution in [0.15, 0.2) is 16.6 Å². The standard InChI is InChI=1S/C15H22BrNO2/c1-3-8-17-13-10-18-9-7-11-14(19-4-2)6-5-12(16)15(11)13/h5-6,13,17H,3-4,7-10H2,1-2H3. The molecule has 0 bridgehead atoms. The summed E-state index contributed by atoms with van der Waals surface area (Å²) in [6, 6.07) is 4.37. The Bertz CT molecular complexity index is 423. The second kappa shape index (κ2) is 7.27. The van der Waals surface area contributed by atoms with Gasteiger partial charge in [-0.25, -0.2) is 0 Å². The lowest BCUT2D eigenvalue weighted by atomic mass is 9.98. The van der Waals surface area contributed by atoms with Crippen LogP contribution in [0.1, 0.15) is 37.4 Å². The highest BCUT2D eigenvalue weighted by atomic mass is 79.9. The third-order valence-electron chi connectivity index (χ3n) is 3.33. The second-order valence-electron chi connectivity index (χ2n) is 4.70. The van der Waals surface area contributed by atoms with Crippen molar-refractivity contribution in [3.8, 4) is 5.75 Å². The molecule has 2 rings (SSSR count). The van der Waals surface area contributed by atoms with Crippen LogP contribution in [0.3, 0.4) is 0 Å². The lowest BCUT2D eigenvalue weighted by Gasteiger charge is -2.21. The van der Waals surface area contributed by atoms with Crippen LogP contribution >= 0.6 is 15.9 Å². The molecule has 0 aliphatic carbocycles. The molecule has 0 aromatic heterocycles. The van der Waals surface area contributed by atoms with E-state index in [1.54, 1.807) is 0 Å². The zero-order valence-electron chi connectivity index (χ0n) is 11.7. The maximum Gasteiger partial charge on any atom is 0.122 e. The Labute approximate surface area is 123 Å². The van der Waals surface area contributed by atoms with Gasteiger partial charge in [-0.05, 0) is 44.0 Å². The first-order valence-corrected chi connectivity index (χ1v) is 7.82. The maximum absolute atomic E-state index is 5.76. The van der Waals surface area contributed by atoms with Gasteiger partial charge in [0.25, 0.3) is 0 Å². The van der Waals surface area contributed by atoms with Gasteiger partial charge in [0, 0.05) is 10.0 Å². The van der Waals surface area contributed by atoms with E-state index in [0.29, 0.717) is 6.61 Å². The summed E-state index contributed by atoms with van der Waals surface area (Å²) in [5, 5.41) is 3.57. The van der Waals surface area contributed by atoms with Gasteiger partial charge in [0.1, 0.15) is 5.75 Å². The van der Waals surface area contributed by atoms with Crippen LogP contribution in [0.5, 0.6) is 5.75 Å². The fraction of sp³-hybridized carbons (Fsp3) is 0.600. The quantitative estimate of drug-likeness (QED) is 0.898. The zero-order valence-corrected chi connectivity index (χ0v) is 13.3. The molecule has 1 atom stereocenters. The zero-order chi connectivity index (χ0) is 13.7. The summed E-state index contributed by atoms with van der Waals surface area (Å²) in [7, 11) is 0. The number of fused-ring (bicyclic) bond motifs is 1. The maximum atomic E-state index is 5.76. The fourth-order valence-electron chi connectivity index (χ4n) is 2.48. The Morgan fingerprint density at radius 3 is 3.00 bits per heavy atom. The van der Waals surface area contributed by atoms with Crippen molar-refractivity contribution in [3.63, 3.8) is 0 Å². The van der Waals surface area contributed by atoms with E-state index in [4.69, 9.17) is 9.47 Å². The molecule has 19 heavy (non-hydrogen) atoms. The number of rotatable bonds is 5. The summed E-state index contributed by atoms with van der Waals surface area (Å²) >= 11 is 3.68. The summed E-state index contributed by atoms with van der Waals surface area (Å²) in [5.41, 5.74) is 2.58. The summed E-state index contributed by atoms with van der Waals surface area (Å²) in [6.07, 6.45) is 2.03. The summed E-state index contributed by atoms with van der Waals surface area (Å²) in [5.74, 6) is 0.995. The Balaban J connectivity index is 2.37. The van der Waals surface area contributed by atoms with Crippen LogP contribution in [-0.4, -0.2) is 26.4 Å². The van der Waals surface area contributed by atoms with Crippen LogP contribution in [0.2, 0.25) is 0 Å². The molecule has 3 nitrogen and oxygen atoms in total. The Morgan fingerprint density at radius 2 is 2.26 bits per heavy atom. The molecule has 0 radical (unpaired) electrons. The third-order valence-corrected chi connectivity index (χ3v) is 4.02. The lowest BCUT2D eigenvalue weighted by Crippen LogP contribution is -2.26. The number of hydrogen-bond donors (Lipinski definition) is 1. The minimum Gasteiger partial charge on any atom is -0.494 e. The van der Waals surface area contributed by atoms with Crippen LogP contribution in [0.4, 0.5) is 0 Å². The molecular formula is C15H22BrNO2. The third kappa shape index (κ3) is 3.50. The Kier molecular flexibility index (Phi) is 5.67. The van der Waals surface area contributed by atoms with Crippen molar-refractivity contribution in [2.45, 2.75) is 32.7 Å². The van der Waals surface area contributed by atoms with Gasteiger partial charge in [0.05, 0.1) is 25.9 Å². The van der Waals surface area contributed by atoms with E-state index >= 15 is 0 Å². The minimum absolute atomic E-state index is 0.243. The molecule has 1 aromatic rings. The van der Waals surface area contributed by atoms with E-state index in [1.807, 2.05) is 6.92 Å². The van der Waals surface area contributed by atoms with Gasteiger partial charge in [-0.1, -0.05) is 22.9 Å². The first-order chi connectivity index (χ1) is 9.27. The summed E-state index contributed by atoms with van der Waals surface area (Å²) in [6.45, 7) is 7.38. The van der Waals surface area contributed by atoms with E-state index in [9.17, 15) is 0 Å². The van der Waals surface area contributed by atoms with Crippen molar-refractivity contribution in [1.29, 1.82) is 0 Å². The molecule has 1 aromatic carbocycles. The molecule has 0 fully saturated rings. The predicted octanol–water partition coefficient (Wildman–Crippen LogP) is 3.46. The monoisotopic (exact) mass is 327 g/mol. The van der Waals surface area contributed by atoms with Gasteiger partial charge in [-0.15, -0.1) is 0 Å². The highest BCUT2D eigenvalue weighted by molar-refractivity contribution is 9.10. The van der Waals surface area contributed by atoms with Gasteiger partial charge in [0.2, 0.25) is 0 Å². The molecule has 1 unspecified atom stereocenters.